The van der Waals surface area contributed by atoms with Crippen LogP contribution in [0.1, 0.15) is 0 Å². The molecular weight excluding hydrogens is 682 g/mol. The van der Waals surface area contributed by atoms with Crippen LogP contribution >= 0.6 is 30.4 Å². The quantitative estimate of drug-likeness (QED) is 0.116. The molecule has 0 aliphatic rings. The van der Waals surface area contributed by atoms with Crippen molar-refractivity contribution in [3.05, 3.63) is 146 Å². The molecule has 0 fully saturated rings. The SMILES string of the molecule is [Cl][Co]([Cl])[Cl].[c-]1ccc2ccc3cccnc3c2n1.[c-]1ccc2ccc3cccnc3c2n1.[c-]1ccc2ccc3cccnc3c2n1. The summed E-state index contributed by atoms with van der Waals surface area (Å²) in [6, 6.07) is 35.7. The Morgan fingerprint density at radius 3 is 0.913 bits per heavy atom. The van der Waals surface area contributed by atoms with Gasteiger partial charge in [0, 0.05) is 35.1 Å². The van der Waals surface area contributed by atoms with E-state index in [0.717, 1.165) is 65.4 Å². The van der Waals surface area contributed by atoms with Crippen LogP contribution in [0.3, 0.4) is 0 Å². The van der Waals surface area contributed by atoms with Crippen LogP contribution in [0.15, 0.2) is 128 Å². The third-order valence-electron chi connectivity index (χ3n) is 6.88. The van der Waals surface area contributed by atoms with E-state index in [1.807, 2.05) is 72.8 Å². The maximum Gasteiger partial charge on any atom is 0.0405 e. The summed E-state index contributed by atoms with van der Waals surface area (Å²) in [6.45, 7) is 0. The van der Waals surface area contributed by atoms with Crippen molar-refractivity contribution < 1.29 is 10.9 Å². The molecule has 3 aromatic carbocycles. The first-order chi connectivity index (χ1) is 22.6. The van der Waals surface area contributed by atoms with E-state index in [0.29, 0.717) is 0 Å². The first kappa shape index (κ1) is 31.5. The predicted molar refractivity (Wildman–Crippen MR) is 185 cm³/mol. The Kier molecular flexibility index (Phi) is 10.4. The molecule has 10 heteroatoms. The van der Waals surface area contributed by atoms with Crippen molar-refractivity contribution >= 4 is 95.9 Å². The fourth-order valence-corrected chi connectivity index (χ4v) is 4.88. The van der Waals surface area contributed by atoms with E-state index in [4.69, 9.17) is 30.4 Å². The molecule has 0 aliphatic carbocycles. The minimum absolute atomic E-state index is 0.922. The number of hydrogen-bond donors (Lipinski definition) is 0. The summed E-state index contributed by atoms with van der Waals surface area (Å²) in [6.07, 6.45) is 13.9. The second kappa shape index (κ2) is 15.2. The molecule has 228 valence electrons. The zero-order valence-electron chi connectivity index (χ0n) is 23.8. The van der Waals surface area contributed by atoms with Crippen LogP contribution in [0.4, 0.5) is 0 Å². The summed E-state index contributed by atoms with van der Waals surface area (Å²) in [5, 5.41) is 6.67. The Balaban J connectivity index is 0.000000114. The molecule has 0 radical (unpaired) electrons. The number of rotatable bonds is 0. The van der Waals surface area contributed by atoms with Crippen molar-refractivity contribution in [1.82, 2.24) is 29.9 Å². The summed E-state index contributed by atoms with van der Waals surface area (Å²) < 4.78 is 0. The van der Waals surface area contributed by atoms with E-state index in [-0.39, 0.29) is 0 Å². The van der Waals surface area contributed by atoms with Gasteiger partial charge in [-0.05, 0) is 50.9 Å². The largest absolute Gasteiger partial charge is 0.384 e. The number of halogens is 3. The Hall–Kier alpha value is -4.50. The summed E-state index contributed by atoms with van der Waals surface area (Å²) in [5.41, 5.74) is 5.60. The zero-order valence-corrected chi connectivity index (χ0v) is 27.1. The zero-order chi connectivity index (χ0) is 31.7. The van der Waals surface area contributed by atoms with Crippen molar-refractivity contribution in [3.63, 3.8) is 0 Å². The molecule has 9 rings (SSSR count). The summed E-state index contributed by atoms with van der Waals surface area (Å²) in [7, 11) is 13.4. The van der Waals surface area contributed by atoms with E-state index in [2.05, 4.69) is 84.9 Å². The Bertz CT molecular complexity index is 1980. The molecule has 0 aliphatic heterocycles. The first-order valence-corrected chi connectivity index (χ1v) is 18.0. The van der Waals surface area contributed by atoms with Crippen LogP contribution in [0.2, 0.25) is 0 Å². The summed E-state index contributed by atoms with van der Waals surface area (Å²) in [5.74, 6) is 0. The molecule has 0 bridgehead atoms. The number of pyridine rings is 6. The molecule has 9 aromatic rings. The van der Waals surface area contributed by atoms with Gasteiger partial charge in [0.05, 0.1) is 0 Å². The Morgan fingerprint density at radius 1 is 0.370 bits per heavy atom. The summed E-state index contributed by atoms with van der Waals surface area (Å²) in [4.78, 5) is 25.6. The Labute approximate surface area is 281 Å². The molecule has 0 spiro atoms. The molecule has 0 saturated carbocycles. The van der Waals surface area contributed by atoms with Gasteiger partial charge in [-0.3, -0.25) is 15.0 Å². The van der Waals surface area contributed by atoms with Crippen LogP contribution < -0.4 is 0 Å². The first-order valence-electron chi connectivity index (χ1n) is 13.7. The van der Waals surface area contributed by atoms with Gasteiger partial charge in [0.1, 0.15) is 0 Å². The topological polar surface area (TPSA) is 77.3 Å². The van der Waals surface area contributed by atoms with Gasteiger partial charge in [0.25, 0.3) is 0 Å². The number of aromatic nitrogens is 6. The molecule has 0 N–H and O–H groups in total. The van der Waals surface area contributed by atoms with Gasteiger partial charge in [-0.15, -0.1) is 16.2 Å². The van der Waals surface area contributed by atoms with E-state index in [1.54, 1.807) is 18.6 Å². The second-order valence-electron chi connectivity index (χ2n) is 9.60. The molecule has 0 amide bonds. The van der Waals surface area contributed by atoms with E-state index < -0.39 is 10.9 Å². The average molecular weight is 703 g/mol. The minimum Gasteiger partial charge on any atom is -0.384 e. The van der Waals surface area contributed by atoms with Gasteiger partial charge in [0.2, 0.25) is 0 Å². The number of nitrogens with zero attached hydrogens (tertiary/aromatic N) is 6. The van der Waals surface area contributed by atoms with Crippen molar-refractivity contribution in [3.8, 4) is 0 Å². The van der Waals surface area contributed by atoms with Gasteiger partial charge in [-0.1, -0.05) is 73.2 Å². The smallest absolute Gasteiger partial charge is 0.0405 e. The van der Waals surface area contributed by atoms with Crippen molar-refractivity contribution in [2.24, 2.45) is 0 Å². The Morgan fingerprint density at radius 2 is 0.630 bits per heavy atom. The van der Waals surface area contributed by atoms with Crippen molar-refractivity contribution in [1.29, 1.82) is 0 Å². The molecule has 0 unspecified atom stereocenters. The third kappa shape index (κ3) is 7.47. The number of fused-ring (bicyclic) bond motifs is 9. The van der Waals surface area contributed by atoms with Crippen molar-refractivity contribution in [2.75, 3.05) is 0 Å². The molecule has 6 aromatic heterocycles. The molecule has 0 atom stereocenters. The second-order valence-corrected chi connectivity index (χ2v) is 14.8. The van der Waals surface area contributed by atoms with Crippen LogP contribution in [-0.2, 0) is 10.9 Å². The average Bonchev–Trinajstić information content (AvgIpc) is 3.12. The van der Waals surface area contributed by atoms with Gasteiger partial charge in [-0.2, -0.15) is 36.4 Å². The van der Waals surface area contributed by atoms with E-state index in [9.17, 15) is 0 Å². The molecule has 0 saturated heterocycles. The number of hydrogen-bond acceptors (Lipinski definition) is 6. The van der Waals surface area contributed by atoms with Crippen LogP contribution in [0, 0.1) is 18.6 Å². The van der Waals surface area contributed by atoms with Gasteiger partial charge in [0.15, 0.2) is 0 Å². The fraction of sp³-hybridized carbons (Fsp3) is 0. The molecular formula is C36H21Cl3CoN6-3. The molecule has 46 heavy (non-hydrogen) atoms. The van der Waals surface area contributed by atoms with Crippen molar-refractivity contribution in [2.45, 2.75) is 0 Å². The van der Waals surface area contributed by atoms with Crippen LogP contribution in [0.5, 0.6) is 0 Å². The molecule has 6 heterocycles. The van der Waals surface area contributed by atoms with Gasteiger partial charge in [-0.25, -0.2) is 0 Å². The van der Waals surface area contributed by atoms with Gasteiger partial charge >= 0.3 is 41.4 Å². The normalized spacial score (nSPS) is 10.9. The number of benzene rings is 3. The maximum absolute atomic E-state index is 4.87. The standard InChI is InChI=1S/3C12H7N2.3ClH.Co/c3*1-3-9-5-6-10-4-2-8-14-12(10)11(9)13-7-1;;;;/h3*1-7H;3*1H;/q3*-1;;;;+3/p-3. The fourth-order valence-electron chi connectivity index (χ4n) is 4.88. The predicted octanol–water partition coefficient (Wildman–Crippen LogP) is 9.82. The van der Waals surface area contributed by atoms with E-state index in [1.165, 1.54) is 0 Å². The van der Waals surface area contributed by atoms with Gasteiger partial charge < -0.3 is 15.0 Å². The minimum atomic E-state index is -1.19. The third-order valence-corrected chi connectivity index (χ3v) is 6.88. The monoisotopic (exact) mass is 701 g/mol. The van der Waals surface area contributed by atoms with E-state index >= 15 is 0 Å². The van der Waals surface area contributed by atoms with Crippen LogP contribution in [-0.4, -0.2) is 29.9 Å². The maximum atomic E-state index is 4.87. The summed E-state index contributed by atoms with van der Waals surface area (Å²) >= 11 is 0. The van der Waals surface area contributed by atoms with Crippen LogP contribution in [0.25, 0.3) is 65.4 Å². The molecule has 6 nitrogen and oxygen atoms in total.